The summed E-state index contributed by atoms with van der Waals surface area (Å²) < 4.78 is 0. The van der Waals surface area contributed by atoms with Gasteiger partial charge in [-0.15, -0.1) is 0 Å². The highest BCUT2D eigenvalue weighted by Crippen LogP contribution is 2.48. The predicted molar refractivity (Wildman–Crippen MR) is 82.5 cm³/mol. The van der Waals surface area contributed by atoms with Crippen LogP contribution in [0.5, 0.6) is 0 Å². The van der Waals surface area contributed by atoms with Gasteiger partial charge in [0.05, 0.1) is 6.04 Å². The average Bonchev–Trinajstić information content (AvgIpc) is 3.24. The van der Waals surface area contributed by atoms with Gasteiger partial charge in [-0.25, -0.2) is 0 Å². The number of nitrogens with one attached hydrogen (secondary N) is 1. The van der Waals surface area contributed by atoms with E-state index >= 15 is 0 Å². The number of rotatable bonds is 6. The molecule has 1 aliphatic rings. The van der Waals surface area contributed by atoms with Gasteiger partial charge >= 0.3 is 0 Å². The van der Waals surface area contributed by atoms with Crippen molar-refractivity contribution in [1.82, 2.24) is 5.32 Å². The van der Waals surface area contributed by atoms with Crippen molar-refractivity contribution in [2.75, 3.05) is 6.54 Å². The highest BCUT2D eigenvalue weighted by molar-refractivity contribution is 5.82. The Labute approximate surface area is 121 Å². The van der Waals surface area contributed by atoms with Crippen molar-refractivity contribution in [2.45, 2.75) is 51.5 Å². The summed E-state index contributed by atoms with van der Waals surface area (Å²) in [5.74, 6) is 0.211. The largest absolute Gasteiger partial charge is 0.354 e. The van der Waals surface area contributed by atoms with Crippen LogP contribution < -0.4 is 11.1 Å². The van der Waals surface area contributed by atoms with E-state index in [4.69, 9.17) is 5.73 Å². The first-order valence-corrected chi connectivity index (χ1v) is 7.59. The van der Waals surface area contributed by atoms with Gasteiger partial charge in [0.15, 0.2) is 0 Å². The highest BCUT2D eigenvalue weighted by Gasteiger charge is 2.45. The first kappa shape index (κ1) is 15.0. The average molecular weight is 274 g/mol. The third kappa shape index (κ3) is 3.04. The molecular formula is C17H26N2O. The standard InChI is InChI=1S/C17H26N2O/c1-4-12(2)15(18)16(20)19-11-17(9-10-17)14-8-6-5-7-13(14)3/h5-8,12,15H,4,9-11,18H2,1-3H3,(H,19,20). The van der Waals surface area contributed by atoms with Crippen LogP contribution in [0.15, 0.2) is 24.3 Å². The smallest absolute Gasteiger partial charge is 0.237 e. The number of amides is 1. The van der Waals surface area contributed by atoms with Crippen LogP contribution >= 0.6 is 0 Å². The predicted octanol–water partition coefficient (Wildman–Crippen LogP) is 2.52. The highest BCUT2D eigenvalue weighted by atomic mass is 16.2. The number of carbonyl (C=O) groups excluding carboxylic acids is 1. The molecule has 0 bridgehead atoms. The quantitative estimate of drug-likeness (QED) is 0.837. The van der Waals surface area contributed by atoms with Gasteiger partial charge in [-0.05, 0) is 36.8 Å². The van der Waals surface area contributed by atoms with Crippen molar-refractivity contribution in [3.8, 4) is 0 Å². The lowest BCUT2D eigenvalue weighted by molar-refractivity contribution is -0.123. The van der Waals surface area contributed by atoms with Gasteiger partial charge in [0, 0.05) is 12.0 Å². The number of nitrogens with two attached hydrogens (primary N) is 1. The number of benzene rings is 1. The molecule has 2 atom stereocenters. The van der Waals surface area contributed by atoms with Crippen molar-refractivity contribution in [2.24, 2.45) is 11.7 Å². The molecule has 1 aromatic rings. The Hall–Kier alpha value is -1.35. The van der Waals surface area contributed by atoms with E-state index in [-0.39, 0.29) is 17.2 Å². The van der Waals surface area contributed by atoms with E-state index in [1.54, 1.807) is 0 Å². The Balaban J connectivity index is 1.98. The van der Waals surface area contributed by atoms with Gasteiger partial charge in [0.1, 0.15) is 0 Å². The third-order valence-corrected chi connectivity index (χ3v) is 4.73. The zero-order chi connectivity index (χ0) is 14.8. The zero-order valence-corrected chi connectivity index (χ0v) is 12.8. The Morgan fingerprint density at radius 2 is 2.05 bits per heavy atom. The minimum Gasteiger partial charge on any atom is -0.354 e. The normalized spacial score (nSPS) is 19.2. The van der Waals surface area contributed by atoms with Crippen molar-refractivity contribution in [3.05, 3.63) is 35.4 Å². The van der Waals surface area contributed by atoms with Gasteiger partial charge in [0.2, 0.25) is 5.91 Å². The molecule has 1 saturated carbocycles. The molecule has 3 N–H and O–H groups in total. The second-order valence-corrected chi connectivity index (χ2v) is 6.22. The monoisotopic (exact) mass is 274 g/mol. The second-order valence-electron chi connectivity index (χ2n) is 6.22. The molecule has 1 aliphatic carbocycles. The molecule has 3 nitrogen and oxygen atoms in total. The molecule has 0 aromatic heterocycles. The fourth-order valence-electron chi connectivity index (χ4n) is 2.75. The van der Waals surface area contributed by atoms with Crippen molar-refractivity contribution >= 4 is 5.91 Å². The van der Waals surface area contributed by atoms with Gasteiger partial charge < -0.3 is 11.1 Å². The fourth-order valence-corrected chi connectivity index (χ4v) is 2.75. The summed E-state index contributed by atoms with van der Waals surface area (Å²) in [5, 5.41) is 3.06. The molecule has 3 heteroatoms. The molecule has 0 heterocycles. The molecule has 0 radical (unpaired) electrons. The van der Waals surface area contributed by atoms with E-state index < -0.39 is 6.04 Å². The summed E-state index contributed by atoms with van der Waals surface area (Å²) in [6.07, 6.45) is 3.23. The molecule has 0 spiro atoms. The van der Waals surface area contributed by atoms with Gasteiger partial charge in [-0.2, -0.15) is 0 Å². The maximum absolute atomic E-state index is 12.1. The van der Waals surface area contributed by atoms with E-state index in [1.165, 1.54) is 11.1 Å². The Morgan fingerprint density at radius 1 is 1.40 bits per heavy atom. The first-order valence-electron chi connectivity index (χ1n) is 7.59. The molecule has 2 rings (SSSR count). The van der Waals surface area contributed by atoms with Crippen molar-refractivity contribution in [3.63, 3.8) is 0 Å². The molecular weight excluding hydrogens is 248 g/mol. The van der Waals surface area contributed by atoms with Crippen LogP contribution in [0.3, 0.4) is 0 Å². The number of hydrogen-bond donors (Lipinski definition) is 2. The maximum atomic E-state index is 12.1. The minimum absolute atomic E-state index is 0.0146. The SMILES string of the molecule is CCC(C)C(N)C(=O)NCC1(c2ccccc2C)CC1. The van der Waals surface area contributed by atoms with Crippen molar-refractivity contribution < 1.29 is 4.79 Å². The molecule has 110 valence electrons. The summed E-state index contributed by atoms with van der Waals surface area (Å²) in [4.78, 5) is 12.1. The lowest BCUT2D eigenvalue weighted by Crippen LogP contribution is -2.46. The van der Waals surface area contributed by atoms with E-state index in [2.05, 4.69) is 43.4 Å². The van der Waals surface area contributed by atoms with Crippen molar-refractivity contribution in [1.29, 1.82) is 0 Å². The second kappa shape index (κ2) is 5.96. The van der Waals surface area contributed by atoms with E-state index in [1.807, 2.05) is 6.92 Å². The van der Waals surface area contributed by atoms with Crippen LogP contribution in [0.2, 0.25) is 0 Å². The zero-order valence-electron chi connectivity index (χ0n) is 12.8. The number of carbonyl (C=O) groups is 1. The Morgan fingerprint density at radius 3 is 2.60 bits per heavy atom. The molecule has 0 aliphatic heterocycles. The summed E-state index contributed by atoms with van der Waals surface area (Å²) in [7, 11) is 0. The molecule has 1 fully saturated rings. The molecule has 2 unspecified atom stereocenters. The van der Waals surface area contributed by atoms with Gasteiger partial charge in [-0.3, -0.25) is 4.79 Å². The van der Waals surface area contributed by atoms with E-state index in [0.717, 1.165) is 19.3 Å². The lowest BCUT2D eigenvalue weighted by Gasteiger charge is -2.22. The van der Waals surface area contributed by atoms with Crippen LogP contribution in [0, 0.1) is 12.8 Å². The summed E-state index contributed by atoms with van der Waals surface area (Å²) in [6, 6.07) is 8.07. The van der Waals surface area contributed by atoms with Crippen LogP contribution in [0.1, 0.15) is 44.2 Å². The van der Waals surface area contributed by atoms with E-state index in [9.17, 15) is 4.79 Å². The molecule has 1 amide bonds. The Kier molecular flexibility index (Phi) is 4.48. The van der Waals surface area contributed by atoms with Crippen LogP contribution in [0.4, 0.5) is 0 Å². The van der Waals surface area contributed by atoms with Crippen LogP contribution in [-0.2, 0) is 10.2 Å². The topological polar surface area (TPSA) is 55.1 Å². The van der Waals surface area contributed by atoms with Gasteiger partial charge in [0.25, 0.3) is 0 Å². The van der Waals surface area contributed by atoms with E-state index in [0.29, 0.717) is 6.54 Å². The third-order valence-electron chi connectivity index (χ3n) is 4.73. The maximum Gasteiger partial charge on any atom is 0.237 e. The Bertz CT molecular complexity index is 480. The van der Waals surface area contributed by atoms with Gasteiger partial charge in [-0.1, -0.05) is 44.5 Å². The summed E-state index contributed by atoms with van der Waals surface area (Å²) >= 11 is 0. The minimum atomic E-state index is -0.396. The number of hydrogen-bond acceptors (Lipinski definition) is 2. The van der Waals surface area contributed by atoms with Crippen LogP contribution in [-0.4, -0.2) is 18.5 Å². The fraction of sp³-hybridized carbons (Fsp3) is 0.588. The lowest BCUT2D eigenvalue weighted by atomic mass is 9.91. The summed E-state index contributed by atoms with van der Waals surface area (Å²) in [6.45, 7) is 6.94. The van der Waals surface area contributed by atoms with Crippen LogP contribution in [0.25, 0.3) is 0 Å². The first-order chi connectivity index (χ1) is 9.50. The molecule has 0 saturated heterocycles. The molecule has 1 aromatic carbocycles. The number of aryl methyl sites for hydroxylation is 1. The summed E-state index contributed by atoms with van der Waals surface area (Å²) in [5.41, 5.74) is 8.81. The molecule has 20 heavy (non-hydrogen) atoms.